The van der Waals surface area contributed by atoms with E-state index in [2.05, 4.69) is 10.6 Å². The Bertz CT molecular complexity index is 213. The Morgan fingerprint density at radius 3 is 2.93 bits per heavy atom. The van der Waals surface area contributed by atoms with Gasteiger partial charge in [-0.25, -0.2) is 0 Å². The number of thioether (sulfide) groups is 1. The molecule has 1 heterocycles. The van der Waals surface area contributed by atoms with Crippen molar-refractivity contribution in [2.75, 3.05) is 24.6 Å². The van der Waals surface area contributed by atoms with E-state index in [1.165, 1.54) is 25.7 Å². The molecule has 0 aromatic heterocycles. The maximum atomic E-state index is 11.7. The maximum Gasteiger partial charge on any atom is 0.237 e. The Morgan fingerprint density at radius 1 is 1.47 bits per heavy atom. The molecule has 1 saturated carbocycles. The lowest BCUT2D eigenvalue weighted by Gasteiger charge is -2.26. The van der Waals surface area contributed by atoms with Crippen molar-refractivity contribution >= 4 is 17.7 Å². The molecule has 3 nitrogen and oxygen atoms in total. The summed E-state index contributed by atoms with van der Waals surface area (Å²) in [6.07, 6.45) is 5.30. The van der Waals surface area contributed by atoms with Gasteiger partial charge in [0.05, 0.1) is 6.04 Å². The number of hydrogen-bond donors (Lipinski definition) is 2. The van der Waals surface area contributed by atoms with Crippen LogP contribution in [0, 0.1) is 5.92 Å². The number of rotatable bonds is 4. The number of nitrogens with one attached hydrogen (secondary N) is 2. The third-order valence-electron chi connectivity index (χ3n) is 3.31. The molecule has 0 aromatic carbocycles. The summed E-state index contributed by atoms with van der Waals surface area (Å²) in [7, 11) is 0. The lowest BCUT2D eigenvalue weighted by atomic mass is 9.83. The topological polar surface area (TPSA) is 41.1 Å². The lowest BCUT2D eigenvalue weighted by molar-refractivity contribution is -0.122. The summed E-state index contributed by atoms with van der Waals surface area (Å²) in [5, 5.41) is 6.29. The second-order valence-electron chi connectivity index (χ2n) is 4.46. The molecule has 1 saturated heterocycles. The van der Waals surface area contributed by atoms with E-state index >= 15 is 0 Å². The van der Waals surface area contributed by atoms with Crippen LogP contribution >= 0.6 is 11.8 Å². The molecule has 1 aliphatic heterocycles. The molecule has 2 rings (SSSR count). The molecule has 4 heteroatoms. The van der Waals surface area contributed by atoms with E-state index in [0.717, 1.165) is 30.5 Å². The monoisotopic (exact) mass is 228 g/mol. The Kier molecular flexibility index (Phi) is 4.32. The van der Waals surface area contributed by atoms with Crippen LogP contribution in [0.25, 0.3) is 0 Å². The van der Waals surface area contributed by atoms with Crippen LogP contribution in [-0.4, -0.2) is 36.5 Å². The first kappa shape index (κ1) is 11.3. The number of carbonyl (C=O) groups is 1. The third kappa shape index (κ3) is 3.38. The highest BCUT2D eigenvalue weighted by molar-refractivity contribution is 7.99. The summed E-state index contributed by atoms with van der Waals surface area (Å²) in [6, 6.07) is 0.0464. The largest absolute Gasteiger partial charge is 0.355 e. The zero-order chi connectivity index (χ0) is 10.5. The smallest absolute Gasteiger partial charge is 0.237 e. The quantitative estimate of drug-likeness (QED) is 0.754. The second kappa shape index (κ2) is 5.75. The molecular weight excluding hydrogens is 208 g/mol. The molecule has 86 valence electrons. The Balaban J connectivity index is 1.58. The van der Waals surface area contributed by atoms with E-state index in [1.807, 2.05) is 11.8 Å². The highest BCUT2D eigenvalue weighted by atomic mass is 32.2. The number of carbonyl (C=O) groups excluding carboxylic acids is 1. The zero-order valence-electron chi connectivity index (χ0n) is 9.13. The summed E-state index contributed by atoms with van der Waals surface area (Å²) in [6.45, 7) is 1.83. The molecule has 1 aliphatic carbocycles. The van der Waals surface area contributed by atoms with Crippen molar-refractivity contribution in [1.82, 2.24) is 10.6 Å². The SMILES string of the molecule is O=C(NCCC1CCC1)C1CSCCN1. The molecule has 1 amide bonds. The van der Waals surface area contributed by atoms with E-state index in [4.69, 9.17) is 0 Å². The van der Waals surface area contributed by atoms with Crippen molar-refractivity contribution in [3.05, 3.63) is 0 Å². The highest BCUT2D eigenvalue weighted by Gasteiger charge is 2.21. The summed E-state index contributed by atoms with van der Waals surface area (Å²) in [5.41, 5.74) is 0. The first-order valence-electron chi connectivity index (χ1n) is 5.95. The van der Waals surface area contributed by atoms with Gasteiger partial charge in [0.15, 0.2) is 0 Å². The molecule has 0 spiro atoms. The summed E-state index contributed by atoms with van der Waals surface area (Å²) in [5.74, 6) is 3.14. The standard InChI is InChI=1S/C11H20N2OS/c14-11(10-8-15-7-6-12-10)13-5-4-9-2-1-3-9/h9-10,12H,1-8H2,(H,13,14). The van der Waals surface area contributed by atoms with Gasteiger partial charge in [-0.1, -0.05) is 19.3 Å². The minimum Gasteiger partial charge on any atom is -0.355 e. The highest BCUT2D eigenvalue weighted by Crippen LogP contribution is 2.28. The fourth-order valence-electron chi connectivity index (χ4n) is 2.04. The second-order valence-corrected chi connectivity index (χ2v) is 5.61. The molecular formula is C11H20N2OS. The van der Waals surface area contributed by atoms with E-state index in [0.29, 0.717) is 0 Å². The van der Waals surface area contributed by atoms with E-state index in [-0.39, 0.29) is 11.9 Å². The molecule has 0 bridgehead atoms. The summed E-state index contributed by atoms with van der Waals surface area (Å²) in [4.78, 5) is 11.7. The van der Waals surface area contributed by atoms with Crippen LogP contribution in [0.15, 0.2) is 0 Å². The van der Waals surface area contributed by atoms with E-state index in [9.17, 15) is 4.79 Å². The normalized spacial score (nSPS) is 27.1. The predicted octanol–water partition coefficient (Wildman–Crippen LogP) is 0.998. The van der Waals surface area contributed by atoms with Crippen LogP contribution in [0.1, 0.15) is 25.7 Å². The molecule has 2 N–H and O–H groups in total. The summed E-state index contributed by atoms with van der Waals surface area (Å²) >= 11 is 1.86. The Morgan fingerprint density at radius 2 is 2.33 bits per heavy atom. The van der Waals surface area contributed by atoms with Gasteiger partial charge in [0.1, 0.15) is 0 Å². The van der Waals surface area contributed by atoms with Crippen LogP contribution in [0.3, 0.4) is 0 Å². The van der Waals surface area contributed by atoms with Crippen LogP contribution < -0.4 is 10.6 Å². The third-order valence-corrected chi connectivity index (χ3v) is 4.38. The zero-order valence-corrected chi connectivity index (χ0v) is 9.94. The molecule has 2 fully saturated rings. The van der Waals surface area contributed by atoms with Crippen molar-refractivity contribution in [2.45, 2.75) is 31.7 Å². The molecule has 15 heavy (non-hydrogen) atoms. The minimum atomic E-state index is 0.0464. The first-order valence-corrected chi connectivity index (χ1v) is 7.10. The van der Waals surface area contributed by atoms with Crippen LogP contribution in [0.2, 0.25) is 0 Å². The van der Waals surface area contributed by atoms with Crippen LogP contribution in [-0.2, 0) is 4.79 Å². The first-order chi connectivity index (χ1) is 7.36. The summed E-state index contributed by atoms with van der Waals surface area (Å²) < 4.78 is 0. The van der Waals surface area contributed by atoms with Gasteiger partial charge >= 0.3 is 0 Å². The van der Waals surface area contributed by atoms with Crippen molar-refractivity contribution in [3.63, 3.8) is 0 Å². The van der Waals surface area contributed by atoms with Crippen molar-refractivity contribution in [1.29, 1.82) is 0 Å². The molecule has 2 aliphatic rings. The Hall–Kier alpha value is -0.220. The van der Waals surface area contributed by atoms with E-state index < -0.39 is 0 Å². The van der Waals surface area contributed by atoms with Crippen LogP contribution in [0.5, 0.6) is 0 Å². The lowest BCUT2D eigenvalue weighted by Crippen LogP contribution is -2.49. The van der Waals surface area contributed by atoms with Gasteiger partial charge in [-0.3, -0.25) is 4.79 Å². The van der Waals surface area contributed by atoms with Crippen molar-refractivity contribution in [2.24, 2.45) is 5.92 Å². The van der Waals surface area contributed by atoms with Crippen molar-refractivity contribution in [3.8, 4) is 0 Å². The fraction of sp³-hybridized carbons (Fsp3) is 0.909. The van der Waals surface area contributed by atoms with Gasteiger partial charge in [-0.2, -0.15) is 11.8 Å². The average Bonchev–Trinajstić information content (AvgIpc) is 2.23. The molecule has 1 atom stereocenters. The maximum absolute atomic E-state index is 11.7. The van der Waals surface area contributed by atoms with Gasteiger partial charge in [-0.05, 0) is 12.3 Å². The molecule has 0 aromatic rings. The van der Waals surface area contributed by atoms with Gasteiger partial charge in [0, 0.05) is 24.6 Å². The number of hydrogen-bond acceptors (Lipinski definition) is 3. The minimum absolute atomic E-state index is 0.0464. The number of amides is 1. The van der Waals surface area contributed by atoms with Gasteiger partial charge in [0.2, 0.25) is 5.91 Å². The molecule has 0 radical (unpaired) electrons. The molecule has 1 unspecified atom stereocenters. The average molecular weight is 228 g/mol. The van der Waals surface area contributed by atoms with Crippen LogP contribution in [0.4, 0.5) is 0 Å². The predicted molar refractivity (Wildman–Crippen MR) is 64.1 cm³/mol. The van der Waals surface area contributed by atoms with Gasteiger partial charge < -0.3 is 10.6 Å². The van der Waals surface area contributed by atoms with Crippen molar-refractivity contribution < 1.29 is 4.79 Å². The fourth-order valence-corrected chi connectivity index (χ4v) is 2.97. The Labute approximate surface area is 95.8 Å². The van der Waals surface area contributed by atoms with Gasteiger partial charge in [-0.15, -0.1) is 0 Å². The van der Waals surface area contributed by atoms with E-state index in [1.54, 1.807) is 0 Å². The van der Waals surface area contributed by atoms with Gasteiger partial charge in [0.25, 0.3) is 0 Å².